The molecule has 0 saturated heterocycles. The Bertz CT molecular complexity index is 2020. The summed E-state index contributed by atoms with van der Waals surface area (Å²) >= 11 is 0. The largest absolute Gasteiger partial charge is 0.472 e. The molecule has 0 aliphatic heterocycles. The molecule has 17 nitrogen and oxygen atoms in total. The molecule has 0 aromatic carbocycles. The van der Waals surface area contributed by atoms with Gasteiger partial charge in [-0.1, -0.05) is 432 Å². The molecule has 0 rings (SSSR count). The Morgan fingerprint density at radius 1 is 0.224 bits per heavy atom. The highest BCUT2D eigenvalue weighted by atomic mass is 31.2. The van der Waals surface area contributed by atoms with Crippen LogP contribution in [0.3, 0.4) is 0 Å². The maximum absolute atomic E-state index is 13.2. The molecule has 0 fully saturated rings. The lowest BCUT2D eigenvalue weighted by atomic mass is 10.0. The van der Waals surface area contributed by atoms with Crippen molar-refractivity contribution in [1.29, 1.82) is 0 Å². The third-order valence-corrected chi connectivity index (χ3v) is 22.8. The summed E-state index contributed by atoms with van der Waals surface area (Å²) in [4.78, 5) is 73.2. The number of carbonyl (C=O) groups is 4. The average molecular weight is 1560 g/mol. The molecule has 0 spiro atoms. The Morgan fingerprint density at radius 3 is 0.551 bits per heavy atom. The van der Waals surface area contributed by atoms with Crippen LogP contribution in [0.2, 0.25) is 0 Å². The van der Waals surface area contributed by atoms with Crippen molar-refractivity contribution >= 4 is 39.5 Å². The number of esters is 4. The summed E-state index contributed by atoms with van der Waals surface area (Å²) in [6.45, 7) is 5.04. The molecule has 0 aliphatic rings. The molecule has 0 saturated carbocycles. The molecule has 19 heteroatoms. The van der Waals surface area contributed by atoms with Crippen LogP contribution in [-0.4, -0.2) is 96.7 Å². The fraction of sp³-hybridized carbons (Fsp3) is 0.955. The van der Waals surface area contributed by atoms with Gasteiger partial charge in [-0.25, -0.2) is 9.13 Å². The van der Waals surface area contributed by atoms with Gasteiger partial charge >= 0.3 is 39.5 Å². The minimum atomic E-state index is -4.97. The molecule has 0 radical (unpaired) electrons. The Morgan fingerprint density at radius 2 is 0.374 bits per heavy atom. The van der Waals surface area contributed by atoms with Crippen molar-refractivity contribution in [3.8, 4) is 0 Å². The van der Waals surface area contributed by atoms with Crippen LogP contribution in [0.15, 0.2) is 0 Å². The van der Waals surface area contributed by atoms with Gasteiger partial charge in [0.2, 0.25) is 0 Å². The second-order valence-electron chi connectivity index (χ2n) is 31.6. The molecular weight excluding hydrogens is 1390 g/mol. The number of rotatable bonds is 89. The maximum Gasteiger partial charge on any atom is 0.472 e. The predicted octanol–water partition coefficient (Wildman–Crippen LogP) is 27.3. The number of phosphoric ester groups is 2. The van der Waals surface area contributed by atoms with Crippen molar-refractivity contribution in [3.05, 3.63) is 0 Å². The smallest absolute Gasteiger partial charge is 0.462 e. The topological polar surface area (TPSA) is 237 Å². The Kier molecular flexibility index (Phi) is 80.6. The van der Waals surface area contributed by atoms with E-state index in [1.165, 1.54) is 315 Å². The molecule has 0 aromatic heterocycles. The molecule has 0 heterocycles. The number of aliphatic hydroxyl groups is 1. The summed E-state index contributed by atoms with van der Waals surface area (Å²) in [5.41, 5.74) is 0. The van der Waals surface area contributed by atoms with Crippen LogP contribution in [0.1, 0.15) is 484 Å². The van der Waals surface area contributed by atoms with Crippen LogP contribution in [0.4, 0.5) is 0 Å². The fourth-order valence-corrected chi connectivity index (χ4v) is 15.5. The zero-order valence-electron chi connectivity index (χ0n) is 70.1. The minimum Gasteiger partial charge on any atom is -0.462 e. The van der Waals surface area contributed by atoms with Crippen LogP contribution < -0.4 is 0 Å². The van der Waals surface area contributed by atoms with Gasteiger partial charge in [0.15, 0.2) is 12.2 Å². The molecule has 0 aromatic rings. The van der Waals surface area contributed by atoms with E-state index in [-0.39, 0.29) is 25.7 Å². The van der Waals surface area contributed by atoms with Gasteiger partial charge < -0.3 is 33.8 Å². The summed E-state index contributed by atoms with van der Waals surface area (Å²) in [5, 5.41) is 10.7. The van der Waals surface area contributed by atoms with Crippen LogP contribution >= 0.6 is 15.6 Å². The van der Waals surface area contributed by atoms with Crippen molar-refractivity contribution in [3.63, 3.8) is 0 Å². The van der Waals surface area contributed by atoms with E-state index < -0.39 is 97.5 Å². The quantitative estimate of drug-likeness (QED) is 0.0222. The van der Waals surface area contributed by atoms with E-state index in [0.29, 0.717) is 25.7 Å². The highest BCUT2D eigenvalue weighted by molar-refractivity contribution is 7.47. The number of aliphatic hydroxyl groups excluding tert-OH is 1. The number of unbranched alkanes of at least 4 members (excludes halogenated alkanes) is 63. The number of hydrogen-bond acceptors (Lipinski definition) is 15. The highest BCUT2D eigenvalue weighted by Gasteiger charge is 2.30. The first-order valence-corrected chi connectivity index (χ1v) is 48.8. The summed E-state index contributed by atoms with van der Waals surface area (Å²) in [5.74, 6) is -2.10. The van der Waals surface area contributed by atoms with E-state index in [1.54, 1.807) is 0 Å². The summed E-state index contributed by atoms with van der Waals surface area (Å²) in [6, 6.07) is 0. The van der Waals surface area contributed by atoms with E-state index in [1.807, 2.05) is 0 Å². The number of hydrogen-bond donors (Lipinski definition) is 3. The first kappa shape index (κ1) is 105. The molecule has 107 heavy (non-hydrogen) atoms. The molecular formula is C88H172O17P2. The molecule has 2 unspecified atom stereocenters. The maximum atomic E-state index is 13.2. The number of carbonyl (C=O) groups excluding carboxylic acids is 4. The normalized spacial score (nSPS) is 13.7. The lowest BCUT2D eigenvalue weighted by Crippen LogP contribution is -2.30. The van der Waals surface area contributed by atoms with Gasteiger partial charge in [-0.05, 0) is 25.7 Å². The minimum absolute atomic E-state index is 0.109. The lowest BCUT2D eigenvalue weighted by Gasteiger charge is -2.21. The van der Waals surface area contributed by atoms with Gasteiger partial charge in [-0.2, -0.15) is 0 Å². The van der Waals surface area contributed by atoms with Gasteiger partial charge in [0, 0.05) is 25.7 Å². The van der Waals surface area contributed by atoms with Crippen molar-refractivity contribution in [2.45, 2.75) is 502 Å². The first-order valence-electron chi connectivity index (χ1n) is 45.8. The third-order valence-electron chi connectivity index (χ3n) is 20.9. The van der Waals surface area contributed by atoms with Gasteiger partial charge in [0.1, 0.15) is 19.3 Å². The predicted molar refractivity (Wildman–Crippen MR) is 442 cm³/mol. The van der Waals surface area contributed by atoms with E-state index in [9.17, 15) is 43.2 Å². The monoisotopic (exact) mass is 1560 g/mol. The van der Waals surface area contributed by atoms with Crippen LogP contribution in [0, 0.1) is 0 Å². The van der Waals surface area contributed by atoms with E-state index in [4.69, 9.17) is 37.0 Å². The van der Waals surface area contributed by atoms with E-state index in [2.05, 4.69) is 27.7 Å². The van der Waals surface area contributed by atoms with Gasteiger partial charge in [-0.15, -0.1) is 0 Å². The van der Waals surface area contributed by atoms with Gasteiger partial charge in [0.25, 0.3) is 0 Å². The van der Waals surface area contributed by atoms with Gasteiger partial charge in [0.05, 0.1) is 26.4 Å². The first-order chi connectivity index (χ1) is 52.2. The van der Waals surface area contributed by atoms with Crippen LogP contribution in [0.5, 0.6) is 0 Å². The molecule has 0 bridgehead atoms. The van der Waals surface area contributed by atoms with E-state index >= 15 is 0 Å². The van der Waals surface area contributed by atoms with Crippen molar-refractivity contribution < 1.29 is 80.2 Å². The van der Waals surface area contributed by atoms with Crippen molar-refractivity contribution in [1.82, 2.24) is 0 Å². The zero-order valence-corrected chi connectivity index (χ0v) is 71.9. The molecule has 636 valence electrons. The molecule has 3 N–H and O–H groups in total. The fourth-order valence-electron chi connectivity index (χ4n) is 13.9. The summed E-state index contributed by atoms with van der Waals surface area (Å²) < 4.78 is 68.9. The van der Waals surface area contributed by atoms with Crippen molar-refractivity contribution in [2.24, 2.45) is 0 Å². The standard InChI is InChI=1S/C88H172O17P2/c1-5-9-13-17-21-25-28-31-34-37-40-42-44-47-50-53-56-59-63-67-71-75-88(93)105-84(79-99-86(91)73-69-65-61-57-54-51-48-46-43-41-38-35-32-29-26-22-18-14-10-6-2)81-103-107(96,97)101-77-82(89)76-100-106(94,95)102-80-83(78-98-85(90)72-68-64-60-24-20-16-12-8-4)104-87(92)74-70-66-62-58-55-52-49-45-39-36-33-30-27-23-19-15-11-7-3/h82-84,89H,5-81H2,1-4H3,(H,94,95)(H,96,97)/t82-,83+,84+/m0/s1. The Hall–Kier alpha value is -1.94. The molecule has 5 atom stereocenters. The lowest BCUT2D eigenvalue weighted by molar-refractivity contribution is -0.161. The summed E-state index contributed by atoms with van der Waals surface area (Å²) in [7, 11) is -9.92. The second kappa shape index (κ2) is 82.1. The number of ether oxygens (including phenoxy) is 4. The van der Waals surface area contributed by atoms with Gasteiger partial charge in [-0.3, -0.25) is 37.3 Å². The molecule has 0 aliphatic carbocycles. The second-order valence-corrected chi connectivity index (χ2v) is 34.5. The SMILES string of the molecule is CCCCCCCCCCCCCCCCCCCCCCCC(=O)O[C@H](COC(=O)CCCCCCCCCCCCCCCCCCCCCC)COP(=O)(O)OC[C@@H](O)COP(=O)(O)OC[C@@H](COC(=O)CCCCCCCCCC)OC(=O)CCCCCCCCCCCCCCCCCCCC. The van der Waals surface area contributed by atoms with Crippen LogP contribution in [-0.2, 0) is 65.4 Å². The van der Waals surface area contributed by atoms with Crippen molar-refractivity contribution in [2.75, 3.05) is 39.6 Å². The van der Waals surface area contributed by atoms with E-state index in [0.717, 1.165) is 89.9 Å². The number of phosphoric acid groups is 2. The average Bonchev–Trinajstić information content (AvgIpc) is 0.911. The zero-order chi connectivity index (χ0) is 78.1. The molecule has 0 amide bonds. The Balaban J connectivity index is 5.17. The Labute approximate surface area is 658 Å². The third kappa shape index (κ3) is 81.9. The highest BCUT2D eigenvalue weighted by Crippen LogP contribution is 2.45. The summed E-state index contributed by atoms with van der Waals surface area (Å²) in [6.07, 6.45) is 78.0. The van der Waals surface area contributed by atoms with Crippen LogP contribution in [0.25, 0.3) is 0 Å².